The molecule has 0 aliphatic heterocycles. The number of oxazole rings is 1. The second-order valence-electron chi connectivity index (χ2n) is 4.91. The van der Waals surface area contributed by atoms with Gasteiger partial charge in [0, 0.05) is 17.2 Å². The summed E-state index contributed by atoms with van der Waals surface area (Å²) in [5.41, 5.74) is 7.15. The molecule has 1 amide bonds. The second-order valence-corrected chi connectivity index (χ2v) is 4.91. The van der Waals surface area contributed by atoms with Gasteiger partial charge in [-0.3, -0.25) is 4.79 Å². The van der Waals surface area contributed by atoms with Crippen LogP contribution >= 0.6 is 0 Å². The van der Waals surface area contributed by atoms with Gasteiger partial charge in [-0.2, -0.15) is 0 Å². The second kappa shape index (κ2) is 4.78. The minimum absolute atomic E-state index is 0.0492. The molecule has 0 saturated heterocycles. The molecule has 2 aromatic rings. The molecule has 0 atom stereocenters. The Balaban J connectivity index is 2.15. The third kappa shape index (κ3) is 2.51. The van der Waals surface area contributed by atoms with E-state index in [1.54, 1.807) is 12.1 Å². The number of fused-ring (bicyclic) bond motifs is 1. The molecule has 0 radical (unpaired) electrons. The molecule has 18 heavy (non-hydrogen) atoms. The van der Waals surface area contributed by atoms with Gasteiger partial charge in [-0.15, -0.1) is 0 Å². The summed E-state index contributed by atoms with van der Waals surface area (Å²) in [6.45, 7) is 4.24. The van der Waals surface area contributed by atoms with E-state index in [9.17, 15) is 4.79 Å². The number of benzene rings is 1. The number of amides is 1. The van der Waals surface area contributed by atoms with Crippen molar-refractivity contribution in [3.05, 3.63) is 24.6 Å². The largest absolute Gasteiger partial charge is 0.443 e. The van der Waals surface area contributed by atoms with E-state index in [1.165, 1.54) is 6.39 Å². The zero-order valence-electron chi connectivity index (χ0n) is 10.6. The Kier molecular flexibility index (Phi) is 3.34. The molecule has 0 aliphatic carbocycles. The van der Waals surface area contributed by atoms with E-state index in [4.69, 9.17) is 10.2 Å². The van der Waals surface area contributed by atoms with Gasteiger partial charge in [-0.1, -0.05) is 13.8 Å². The standard InChI is InChI=1S/C13H17N3O2/c1-13(2,5-6-14)12(17)16-9-3-4-10-11(7-9)18-8-15-10/h3-4,7-8H,5-6,14H2,1-2H3,(H,16,17). The van der Waals surface area contributed by atoms with Crippen LogP contribution in [0.3, 0.4) is 0 Å². The first-order valence-corrected chi connectivity index (χ1v) is 5.88. The Bertz CT molecular complexity index is 560. The molecule has 5 heteroatoms. The van der Waals surface area contributed by atoms with Crippen molar-refractivity contribution in [3.63, 3.8) is 0 Å². The van der Waals surface area contributed by atoms with Crippen LogP contribution in [0.5, 0.6) is 0 Å². The van der Waals surface area contributed by atoms with E-state index in [1.807, 2.05) is 19.9 Å². The van der Waals surface area contributed by atoms with Crippen LogP contribution in [0.25, 0.3) is 11.1 Å². The van der Waals surface area contributed by atoms with Gasteiger partial charge in [0.15, 0.2) is 12.0 Å². The summed E-state index contributed by atoms with van der Waals surface area (Å²) in [6.07, 6.45) is 2.03. The van der Waals surface area contributed by atoms with E-state index in [-0.39, 0.29) is 5.91 Å². The Morgan fingerprint density at radius 2 is 2.28 bits per heavy atom. The molecule has 2 rings (SSSR count). The normalized spacial score (nSPS) is 11.7. The summed E-state index contributed by atoms with van der Waals surface area (Å²) in [5, 5.41) is 2.87. The summed E-state index contributed by atoms with van der Waals surface area (Å²) in [4.78, 5) is 16.1. The number of nitrogens with one attached hydrogen (secondary N) is 1. The van der Waals surface area contributed by atoms with E-state index in [0.717, 1.165) is 5.52 Å². The minimum atomic E-state index is -0.481. The highest BCUT2D eigenvalue weighted by atomic mass is 16.3. The molecule has 96 valence electrons. The van der Waals surface area contributed by atoms with E-state index in [0.29, 0.717) is 24.2 Å². The van der Waals surface area contributed by atoms with Crippen LogP contribution in [0.2, 0.25) is 0 Å². The lowest BCUT2D eigenvalue weighted by Crippen LogP contribution is -2.32. The fraction of sp³-hybridized carbons (Fsp3) is 0.385. The van der Waals surface area contributed by atoms with E-state index < -0.39 is 5.41 Å². The number of hydrogen-bond donors (Lipinski definition) is 2. The highest BCUT2D eigenvalue weighted by Gasteiger charge is 2.26. The molecule has 1 aromatic heterocycles. The van der Waals surface area contributed by atoms with Gasteiger partial charge >= 0.3 is 0 Å². The summed E-state index contributed by atoms with van der Waals surface area (Å²) in [5.74, 6) is -0.0492. The van der Waals surface area contributed by atoms with Gasteiger partial charge in [0.1, 0.15) is 5.52 Å². The number of rotatable bonds is 4. The van der Waals surface area contributed by atoms with Crippen molar-refractivity contribution < 1.29 is 9.21 Å². The van der Waals surface area contributed by atoms with Crippen LogP contribution in [0, 0.1) is 5.41 Å². The van der Waals surface area contributed by atoms with Crippen molar-refractivity contribution in [2.24, 2.45) is 11.1 Å². The minimum Gasteiger partial charge on any atom is -0.443 e. The van der Waals surface area contributed by atoms with Crippen molar-refractivity contribution in [1.29, 1.82) is 0 Å². The lowest BCUT2D eigenvalue weighted by atomic mass is 9.88. The predicted molar refractivity (Wildman–Crippen MR) is 70.1 cm³/mol. The Morgan fingerprint density at radius 3 is 3.00 bits per heavy atom. The van der Waals surface area contributed by atoms with Crippen LogP contribution in [-0.2, 0) is 4.79 Å². The molecular formula is C13H17N3O2. The Hall–Kier alpha value is -1.88. The molecule has 0 fully saturated rings. The molecule has 0 aliphatic rings. The zero-order valence-corrected chi connectivity index (χ0v) is 10.6. The van der Waals surface area contributed by atoms with Crippen molar-refractivity contribution in [2.75, 3.05) is 11.9 Å². The van der Waals surface area contributed by atoms with Gasteiger partial charge in [0.05, 0.1) is 0 Å². The monoisotopic (exact) mass is 247 g/mol. The third-order valence-electron chi connectivity index (χ3n) is 2.97. The number of nitrogens with two attached hydrogens (primary N) is 1. The molecule has 0 bridgehead atoms. The molecule has 3 N–H and O–H groups in total. The van der Waals surface area contributed by atoms with Crippen molar-refractivity contribution in [3.8, 4) is 0 Å². The average Bonchev–Trinajstić information content (AvgIpc) is 2.76. The molecule has 5 nitrogen and oxygen atoms in total. The summed E-state index contributed by atoms with van der Waals surface area (Å²) in [6, 6.07) is 5.38. The SMILES string of the molecule is CC(C)(CCN)C(=O)Nc1ccc2ncoc2c1. The first-order chi connectivity index (χ1) is 8.53. The zero-order chi connectivity index (χ0) is 13.2. The number of carbonyl (C=O) groups is 1. The third-order valence-corrected chi connectivity index (χ3v) is 2.97. The average molecular weight is 247 g/mol. The first kappa shape index (κ1) is 12.6. The maximum Gasteiger partial charge on any atom is 0.230 e. The maximum absolute atomic E-state index is 12.1. The van der Waals surface area contributed by atoms with E-state index >= 15 is 0 Å². The van der Waals surface area contributed by atoms with Gasteiger partial charge in [0.25, 0.3) is 0 Å². The Morgan fingerprint density at radius 1 is 1.50 bits per heavy atom. The topological polar surface area (TPSA) is 81.2 Å². The smallest absolute Gasteiger partial charge is 0.230 e. The molecule has 1 heterocycles. The van der Waals surface area contributed by atoms with Crippen LogP contribution in [-0.4, -0.2) is 17.4 Å². The van der Waals surface area contributed by atoms with Gasteiger partial charge in [0.2, 0.25) is 5.91 Å². The molecule has 0 spiro atoms. The van der Waals surface area contributed by atoms with Crippen molar-refractivity contribution >= 4 is 22.7 Å². The first-order valence-electron chi connectivity index (χ1n) is 5.88. The van der Waals surface area contributed by atoms with Gasteiger partial charge < -0.3 is 15.5 Å². The van der Waals surface area contributed by atoms with E-state index in [2.05, 4.69) is 10.3 Å². The fourth-order valence-corrected chi connectivity index (χ4v) is 1.71. The number of anilines is 1. The summed E-state index contributed by atoms with van der Waals surface area (Å²) in [7, 11) is 0. The highest BCUT2D eigenvalue weighted by Crippen LogP contribution is 2.23. The summed E-state index contributed by atoms with van der Waals surface area (Å²) < 4.78 is 5.19. The van der Waals surface area contributed by atoms with Crippen LogP contribution in [0.1, 0.15) is 20.3 Å². The number of aromatic nitrogens is 1. The molecular weight excluding hydrogens is 230 g/mol. The maximum atomic E-state index is 12.1. The molecule has 0 saturated carbocycles. The quantitative estimate of drug-likeness (QED) is 0.867. The Labute approximate surface area is 105 Å². The lowest BCUT2D eigenvalue weighted by molar-refractivity contribution is -0.124. The van der Waals surface area contributed by atoms with Crippen LogP contribution in [0.15, 0.2) is 29.0 Å². The number of nitrogens with zero attached hydrogens (tertiary/aromatic N) is 1. The highest BCUT2D eigenvalue weighted by molar-refractivity contribution is 5.96. The van der Waals surface area contributed by atoms with Crippen molar-refractivity contribution in [2.45, 2.75) is 20.3 Å². The van der Waals surface area contributed by atoms with Gasteiger partial charge in [-0.05, 0) is 25.1 Å². The predicted octanol–water partition coefficient (Wildman–Crippen LogP) is 2.14. The number of carbonyl (C=O) groups excluding carboxylic acids is 1. The fourth-order valence-electron chi connectivity index (χ4n) is 1.71. The lowest BCUT2D eigenvalue weighted by Gasteiger charge is -2.22. The van der Waals surface area contributed by atoms with Crippen molar-refractivity contribution in [1.82, 2.24) is 4.98 Å². The number of hydrogen-bond acceptors (Lipinski definition) is 4. The molecule has 0 unspecified atom stereocenters. The molecule has 1 aromatic carbocycles. The summed E-state index contributed by atoms with van der Waals surface area (Å²) >= 11 is 0. The van der Waals surface area contributed by atoms with Crippen LogP contribution < -0.4 is 11.1 Å². The van der Waals surface area contributed by atoms with Crippen LogP contribution in [0.4, 0.5) is 5.69 Å². The van der Waals surface area contributed by atoms with Gasteiger partial charge in [-0.25, -0.2) is 4.98 Å².